The first-order valence-electron chi connectivity index (χ1n) is 6.14. The molecule has 6 heteroatoms. The fourth-order valence-corrected chi connectivity index (χ4v) is 1.80. The highest BCUT2D eigenvalue weighted by Crippen LogP contribution is 2.22. The molecule has 1 rings (SSSR count). The second-order valence-electron chi connectivity index (χ2n) is 4.28. The monoisotopic (exact) mass is 249 g/mol. The van der Waals surface area contributed by atoms with Crippen LogP contribution in [-0.2, 0) is 9.47 Å². The summed E-state index contributed by atoms with van der Waals surface area (Å²) in [6.07, 6.45) is 0.199. The maximum atomic E-state index is 9.57. The molecule has 1 aliphatic heterocycles. The Bertz CT molecular complexity index is 204. The van der Waals surface area contributed by atoms with Gasteiger partial charge in [-0.1, -0.05) is 12.8 Å². The maximum absolute atomic E-state index is 9.57. The smallest absolute Gasteiger partial charge is 0.186 e. The summed E-state index contributed by atoms with van der Waals surface area (Å²) in [4.78, 5) is 0. The molecule has 0 bridgehead atoms. The van der Waals surface area contributed by atoms with E-state index in [2.05, 4.69) is 0 Å². The van der Waals surface area contributed by atoms with E-state index < -0.39 is 24.6 Å². The van der Waals surface area contributed by atoms with E-state index in [-0.39, 0.29) is 6.61 Å². The highest BCUT2D eigenvalue weighted by molar-refractivity contribution is 4.86. The highest BCUT2D eigenvalue weighted by Gasteiger charge is 2.42. The van der Waals surface area contributed by atoms with Crippen molar-refractivity contribution in [2.24, 2.45) is 5.73 Å². The van der Waals surface area contributed by atoms with E-state index in [1.807, 2.05) is 0 Å². The summed E-state index contributed by atoms with van der Waals surface area (Å²) in [6, 6.07) is 0. The molecule has 102 valence electrons. The third-order valence-electron chi connectivity index (χ3n) is 2.88. The van der Waals surface area contributed by atoms with Crippen LogP contribution in [0.3, 0.4) is 0 Å². The number of aliphatic hydroxyl groups is 3. The molecule has 6 nitrogen and oxygen atoms in total. The van der Waals surface area contributed by atoms with Crippen LogP contribution in [-0.4, -0.2) is 59.7 Å². The standard InChI is InChI=1S/C11H23NO5/c12-5-3-1-2-4-6-16-11-10(15)9(14)8(7-13)17-11/h8-11,13-15H,1-7,12H2/t8-,9-,10-,11-/m1/s1. The lowest BCUT2D eigenvalue weighted by molar-refractivity contribution is -0.169. The van der Waals surface area contributed by atoms with E-state index in [0.717, 1.165) is 25.7 Å². The second kappa shape index (κ2) is 7.97. The van der Waals surface area contributed by atoms with Crippen molar-refractivity contribution in [3.8, 4) is 0 Å². The molecule has 1 fully saturated rings. The van der Waals surface area contributed by atoms with Crippen molar-refractivity contribution in [3.05, 3.63) is 0 Å². The zero-order valence-electron chi connectivity index (χ0n) is 9.99. The molecule has 0 radical (unpaired) electrons. The van der Waals surface area contributed by atoms with Gasteiger partial charge in [0, 0.05) is 6.61 Å². The Hall–Kier alpha value is -0.240. The summed E-state index contributed by atoms with van der Waals surface area (Å²) >= 11 is 0. The molecule has 0 saturated carbocycles. The van der Waals surface area contributed by atoms with Crippen molar-refractivity contribution in [2.75, 3.05) is 19.8 Å². The lowest BCUT2D eigenvalue weighted by Gasteiger charge is -2.15. The van der Waals surface area contributed by atoms with Crippen LogP contribution in [0.5, 0.6) is 0 Å². The average molecular weight is 249 g/mol. The Morgan fingerprint density at radius 2 is 1.76 bits per heavy atom. The highest BCUT2D eigenvalue weighted by atomic mass is 16.7. The molecule has 0 spiro atoms. The molecule has 17 heavy (non-hydrogen) atoms. The molecule has 1 aliphatic rings. The molecule has 0 aromatic rings. The van der Waals surface area contributed by atoms with Gasteiger partial charge in [-0.3, -0.25) is 0 Å². The van der Waals surface area contributed by atoms with Crippen molar-refractivity contribution in [3.63, 3.8) is 0 Å². The first-order chi connectivity index (χ1) is 8.20. The van der Waals surface area contributed by atoms with Gasteiger partial charge in [-0.15, -0.1) is 0 Å². The van der Waals surface area contributed by atoms with Crippen LogP contribution >= 0.6 is 0 Å². The van der Waals surface area contributed by atoms with Crippen LogP contribution in [0.2, 0.25) is 0 Å². The topological polar surface area (TPSA) is 105 Å². The summed E-state index contributed by atoms with van der Waals surface area (Å²) in [6.45, 7) is 0.849. The van der Waals surface area contributed by atoms with Gasteiger partial charge in [-0.05, 0) is 19.4 Å². The first kappa shape index (κ1) is 14.8. The number of ether oxygens (including phenoxy) is 2. The number of nitrogens with two attached hydrogens (primary N) is 1. The van der Waals surface area contributed by atoms with Gasteiger partial charge in [0.25, 0.3) is 0 Å². The normalized spacial score (nSPS) is 33.2. The summed E-state index contributed by atoms with van der Waals surface area (Å²) < 4.78 is 10.5. The summed E-state index contributed by atoms with van der Waals surface area (Å²) in [5.74, 6) is 0. The van der Waals surface area contributed by atoms with Gasteiger partial charge in [-0.25, -0.2) is 0 Å². The quantitative estimate of drug-likeness (QED) is 0.410. The van der Waals surface area contributed by atoms with Gasteiger partial charge in [0.1, 0.15) is 18.3 Å². The molecule has 4 atom stereocenters. The summed E-state index contributed by atoms with van der Waals surface area (Å²) in [5, 5.41) is 27.9. The lowest BCUT2D eigenvalue weighted by atomic mass is 10.1. The zero-order valence-corrected chi connectivity index (χ0v) is 9.99. The largest absolute Gasteiger partial charge is 0.394 e. The van der Waals surface area contributed by atoms with Gasteiger partial charge >= 0.3 is 0 Å². The van der Waals surface area contributed by atoms with Gasteiger partial charge in [-0.2, -0.15) is 0 Å². The molecule has 1 heterocycles. The van der Waals surface area contributed by atoms with E-state index in [0.29, 0.717) is 13.2 Å². The SMILES string of the molecule is NCCCCCCO[C@@H]1O[C@H](CO)[C@@H](O)[C@H]1O. The van der Waals surface area contributed by atoms with Gasteiger partial charge < -0.3 is 30.5 Å². The van der Waals surface area contributed by atoms with Gasteiger partial charge in [0.15, 0.2) is 6.29 Å². The Kier molecular flexibility index (Phi) is 6.94. The number of hydrogen-bond donors (Lipinski definition) is 4. The minimum Gasteiger partial charge on any atom is -0.394 e. The summed E-state index contributed by atoms with van der Waals surface area (Å²) in [7, 11) is 0. The molecule has 5 N–H and O–H groups in total. The predicted octanol–water partition coefficient (Wildman–Crippen LogP) is -1.04. The molecule has 0 aromatic carbocycles. The van der Waals surface area contributed by atoms with Crippen molar-refractivity contribution in [1.82, 2.24) is 0 Å². The van der Waals surface area contributed by atoms with E-state index in [9.17, 15) is 10.2 Å². The first-order valence-corrected chi connectivity index (χ1v) is 6.14. The van der Waals surface area contributed by atoms with E-state index in [4.69, 9.17) is 20.3 Å². The zero-order chi connectivity index (χ0) is 12.7. The second-order valence-corrected chi connectivity index (χ2v) is 4.28. The van der Waals surface area contributed by atoms with Crippen LogP contribution in [0.1, 0.15) is 25.7 Å². The Labute approximate surface area is 101 Å². The number of aliphatic hydroxyl groups excluding tert-OH is 3. The minimum atomic E-state index is -1.09. The van der Waals surface area contributed by atoms with Crippen LogP contribution in [0.25, 0.3) is 0 Å². The fourth-order valence-electron chi connectivity index (χ4n) is 1.80. The molecule has 0 amide bonds. The molecule has 0 unspecified atom stereocenters. The van der Waals surface area contributed by atoms with Crippen molar-refractivity contribution >= 4 is 0 Å². The molecule has 1 saturated heterocycles. The van der Waals surface area contributed by atoms with Crippen LogP contribution in [0, 0.1) is 0 Å². The lowest BCUT2D eigenvalue weighted by Crippen LogP contribution is -2.34. The number of hydrogen-bond acceptors (Lipinski definition) is 6. The van der Waals surface area contributed by atoms with Gasteiger partial charge in [0.05, 0.1) is 6.61 Å². The van der Waals surface area contributed by atoms with Crippen LogP contribution in [0.15, 0.2) is 0 Å². The summed E-state index contributed by atoms with van der Waals surface area (Å²) in [5.41, 5.74) is 5.37. The molecule has 0 aliphatic carbocycles. The molecular formula is C11H23NO5. The van der Waals surface area contributed by atoms with Crippen molar-refractivity contribution in [2.45, 2.75) is 50.3 Å². The van der Waals surface area contributed by atoms with Crippen LogP contribution in [0.4, 0.5) is 0 Å². The Morgan fingerprint density at radius 1 is 1.06 bits per heavy atom. The maximum Gasteiger partial charge on any atom is 0.186 e. The van der Waals surface area contributed by atoms with Crippen molar-refractivity contribution in [1.29, 1.82) is 0 Å². The van der Waals surface area contributed by atoms with E-state index in [1.54, 1.807) is 0 Å². The van der Waals surface area contributed by atoms with Crippen LogP contribution < -0.4 is 5.73 Å². The van der Waals surface area contributed by atoms with Crippen molar-refractivity contribution < 1.29 is 24.8 Å². The van der Waals surface area contributed by atoms with Gasteiger partial charge in [0.2, 0.25) is 0 Å². The molecule has 0 aromatic heterocycles. The predicted molar refractivity (Wildman–Crippen MR) is 61.2 cm³/mol. The van der Waals surface area contributed by atoms with E-state index in [1.165, 1.54) is 0 Å². The van der Waals surface area contributed by atoms with E-state index >= 15 is 0 Å². The molecular weight excluding hydrogens is 226 g/mol. The Morgan fingerprint density at radius 3 is 2.35 bits per heavy atom. The number of rotatable bonds is 8. The Balaban J connectivity index is 2.11. The minimum absolute atomic E-state index is 0.325. The third kappa shape index (κ3) is 4.50. The number of unbranched alkanes of at least 4 members (excludes halogenated alkanes) is 3. The fraction of sp³-hybridized carbons (Fsp3) is 1.00. The third-order valence-corrected chi connectivity index (χ3v) is 2.88. The average Bonchev–Trinajstić information content (AvgIpc) is 2.61.